The number of carboxylic acid groups (broad SMARTS) is 2. The fourth-order valence-electron chi connectivity index (χ4n) is 7.00. The van der Waals surface area contributed by atoms with Crippen molar-refractivity contribution in [2.45, 2.75) is 0 Å². The third-order valence-corrected chi connectivity index (χ3v) is 9.10. The predicted octanol–water partition coefficient (Wildman–Crippen LogP) is 10.2. The van der Waals surface area contributed by atoms with Gasteiger partial charge in [0.2, 0.25) is 0 Å². The van der Waals surface area contributed by atoms with Crippen molar-refractivity contribution in [3.63, 3.8) is 0 Å². The summed E-state index contributed by atoms with van der Waals surface area (Å²) in [6.07, 6.45) is 0. The summed E-state index contributed by atoms with van der Waals surface area (Å²) in [4.78, 5) is 24.3. The van der Waals surface area contributed by atoms with Gasteiger partial charge in [0.25, 0.3) is 0 Å². The van der Waals surface area contributed by atoms with Gasteiger partial charge in [0.15, 0.2) is 13.2 Å². The van der Waals surface area contributed by atoms with Crippen molar-refractivity contribution in [3.8, 4) is 44.9 Å². The first-order valence-corrected chi connectivity index (χ1v) is 16.3. The topological polar surface area (TPSA) is 93.1 Å². The van der Waals surface area contributed by atoms with E-state index < -0.39 is 25.2 Å². The molecule has 0 aliphatic rings. The van der Waals surface area contributed by atoms with Crippen molar-refractivity contribution in [1.29, 1.82) is 0 Å². The number of benzene rings is 8. The van der Waals surface area contributed by atoms with Crippen LogP contribution in [0, 0.1) is 0 Å². The van der Waals surface area contributed by atoms with Crippen molar-refractivity contribution in [3.05, 3.63) is 146 Å². The van der Waals surface area contributed by atoms with Crippen LogP contribution in [0.4, 0.5) is 0 Å². The molecule has 6 heteroatoms. The van der Waals surface area contributed by atoms with Gasteiger partial charge in [-0.2, -0.15) is 0 Å². The van der Waals surface area contributed by atoms with Gasteiger partial charge in [-0.15, -0.1) is 0 Å². The molecule has 0 spiro atoms. The molecule has 50 heavy (non-hydrogen) atoms. The lowest BCUT2D eigenvalue weighted by Crippen LogP contribution is -2.12. The Balaban J connectivity index is 1.61. The molecule has 0 amide bonds. The van der Waals surface area contributed by atoms with Gasteiger partial charge in [-0.3, -0.25) is 0 Å². The second kappa shape index (κ2) is 12.7. The monoisotopic (exact) mass is 654 g/mol. The zero-order valence-electron chi connectivity index (χ0n) is 26.8. The molecule has 6 nitrogen and oxygen atoms in total. The zero-order chi connectivity index (χ0) is 34.2. The molecule has 8 aromatic carbocycles. The number of hydrogen-bond acceptors (Lipinski definition) is 4. The van der Waals surface area contributed by atoms with Crippen molar-refractivity contribution >= 4 is 55.0 Å². The highest BCUT2D eigenvalue weighted by Crippen LogP contribution is 2.54. The Hall–Kier alpha value is -6.66. The molecule has 242 valence electrons. The summed E-state index contributed by atoms with van der Waals surface area (Å²) in [5, 5.41) is 27.1. The molecule has 0 saturated carbocycles. The number of aliphatic carboxylic acids is 2. The van der Waals surface area contributed by atoms with Crippen LogP contribution in [0.1, 0.15) is 0 Å². The molecule has 8 rings (SSSR count). The fraction of sp³-hybridized carbons (Fsp3) is 0.0455. The van der Waals surface area contributed by atoms with Gasteiger partial charge in [0.05, 0.1) is 0 Å². The van der Waals surface area contributed by atoms with Gasteiger partial charge >= 0.3 is 11.9 Å². The first-order valence-electron chi connectivity index (χ1n) is 16.3. The average molecular weight is 655 g/mol. The van der Waals surface area contributed by atoms with Gasteiger partial charge in [0, 0.05) is 21.9 Å². The highest BCUT2D eigenvalue weighted by Gasteiger charge is 2.28. The van der Waals surface area contributed by atoms with E-state index in [0.29, 0.717) is 22.6 Å². The van der Waals surface area contributed by atoms with Crippen LogP contribution in [0.25, 0.3) is 76.5 Å². The predicted molar refractivity (Wildman–Crippen MR) is 199 cm³/mol. The van der Waals surface area contributed by atoms with Crippen LogP contribution in [-0.4, -0.2) is 35.4 Å². The van der Waals surface area contributed by atoms with Crippen LogP contribution < -0.4 is 9.47 Å². The normalized spacial score (nSPS) is 11.3. The van der Waals surface area contributed by atoms with Crippen LogP contribution in [0.3, 0.4) is 0 Å². The number of hydrogen-bond donors (Lipinski definition) is 2. The highest BCUT2D eigenvalue weighted by molar-refractivity contribution is 6.19. The lowest BCUT2D eigenvalue weighted by Gasteiger charge is -2.25. The van der Waals surface area contributed by atoms with Crippen molar-refractivity contribution in [2.24, 2.45) is 0 Å². The molecule has 2 N–H and O–H groups in total. The Labute approximate surface area is 287 Å². The Morgan fingerprint density at radius 3 is 1.20 bits per heavy atom. The molecule has 0 atom stereocenters. The molecule has 0 aliphatic carbocycles. The van der Waals surface area contributed by atoms with E-state index in [-0.39, 0.29) is 0 Å². The largest absolute Gasteiger partial charge is 0.481 e. The Bertz CT molecular complexity index is 2410. The minimum atomic E-state index is -1.12. The quantitative estimate of drug-likeness (QED) is 0.151. The Kier molecular flexibility index (Phi) is 7.82. The maximum atomic E-state index is 12.1. The molecule has 0 aliphatic heterocycles. The van der Waals surface area contributed by atoms with E-state index in [1.165, 1.54) is 0 Å². The van der Waals surface area contributed by atoms with Crippen LogP contribution in [-0.2, 0) is 9.59 Å². The van der Waals surface area contributed by atoms with E-state index in [9.17, 15) is 19.8 Å². The van der Waals surface area contributed by atoms with Crippen LogP contribution in [0.5, 0.6) is 11.5 Å². The summed E-state index contributed by atoms with van der Waals surface area (Å²) in [5.41, 5.74) is 4.53. The minimum absolute atomic E-state index is 0.368. The van der Waals surface area contributed by atoms with Crippen molar-refractivity contribution in [1.82, 2.24) is 0 Å². The second-order valence-electron chi connectivity index (χ2n) is 12.1. The van der Waals surface area contributed by atoms with Crippen molar-refractivity contribution in [2.75, 3.05) is 13.2 Å². The Morgan fingerprint density at radius 2 is 0.800 bits per heavy atom. The summed E-state index contributed by atoms with van der Waals surface area (Å²) in [6.45, 7) is -1.17. The van der Waals surface area contributed by atoms with E-state index in [1.54, 1.807) is 0 Å². The third kappa shape index (κ3) is 5.43. The number of carboxylic acids is 2. The molecule has 0 bridgehead atoms. The molecular weight excluding hydrogens is 624 g/mol. The zero-order valence-corrected chi connectivity index (χ0v) is 26.8. The molecule has 0 fully saturated rings. The molecule has 0 radical (unpaired) electrons. The molecule has 0 aromatic heterocycles. The molecule has 0 unspecified atom stereocenters. The van der Waals surface area contributed by atoms with Gasteiger partial charge in [0.1, 0.15) is 11.5 Å². The highest BCUT2D eigenvalue weighted by atomic mass is 16.5. The van der Waals surface area contributed by atoms with Crippen LogP contribution >= 0.6 is 0 Å². The first-order chi connectivity index (χ1) is 24.5. The first kappa shape index (κ1) is 30.7. The number of rotatable bonds is 9. The third-order valence-electron chi connectivity index (χ3n) is 9.10. The molecule has 0 heterocycles. The summed E-state index contributed by atoms with van der Waals surface area (Å²) in [6, 6.07) is 48.0. The van der Waals surface area contributed by atoms with Gasteiger partial charge in [-0.25, -0.2) is 9.59 Å². The summed E-state index contributed by atoms with van der Waals surface area (Å²) in [5.74, 6) is -1.50. The minimum Gasteiger partial charge on any atom is -0.481 e. The molecule has 8 aromatic rings. The van der Waals surface area contributed by atoms with Gasteiger partial charge < -0.3 is 19.7 Å². The van der Waals surface area contributed by atoms with E-state index >= 15 is 0 Å². The fourth-order valence-corrected chi connectivity index (χ4v) is 7.00. The van der Waals surface area contributed by atoms with Crippen LogP contribution in [0.15, 0.2) is 146 Å². The van der Waals surface area contributed by atoms with E-state index in [4.69, 9.17) is 9.47 Å². The smallest absolute Gasteiger partial charge is 0.341 e. The van der Waals surface area contributed by atoms with Crippen molar-refractivity contribution < 1.29 is 29.3 Å². The van der Waals surface area contributed by atoms with E-state index in [0.717, 1.165) is 65.3 Å². The second-order valence-corrected chi connectivity index (χ2v) is 12.1. The number of ether oxygens (including phenoxy) is 2. The summed E-state index contributed by atoms with van der Waals surface area (Å²) in [7, 11) is 0. The average Bonchev–Trinajstić information content (AvgIpc) is 3.15. The molecule has 0 saturated heterocycles. The van der Waals surface area contributed by atoms with E-state index in [1.807, 2.05) is 133 Å². The maximum Gasteiger partial charge on any atom is 0.341 e. The standard InChI is InChI=1S/C44H30O6/c45-39(46)25-49-43-33-21-19-29-15-7-9-17-31(29)37(33)23-35(27-11-3-1-4-12-27)41(43)42-36(28-13-5-2-6-14-28)24-38-32-18-10-8-16-30(32)20-22-34(38)44(42)50-26-40(47)48/h1-24H,25-26H2,(H,45,46)(H,47,48). The number of carbonyl (C=O) groups is 2. The van der Waals surface area contributed by atoms with Gasteiger partial charge in [-0.1, -0.05) is 121 Å². The summed E-state index contributed by atoms with van der Waals surface area (Å²) >= 11 is 0. The Morgan fingerprint density at radius 1 is 0.420 bits per heavy atom. The lowest BCUT2D eigenvalue weighted by molar-refractivity contribution is -0.140. The number of fused-ring (bicyclic) bond motifs is 6. The van der Waals surface area contributed by atoms with Gasteiger partial charge in [-0.05, 0) is 78.8 Å². The SMILES string of the molecule is O=C(O)COc1c(-c2c(-c3ccccc3)cc3c(ccc4ccccc43)c2OCC(=O)O)c(-c2ccccc2)cc2c1ccc1ccccc12. The maximum absolute atomic E-state index is 12.1. The van der Waals surface area contributed by atoms with Crippen LogP contribution in [0.2, 0.25) is 0 Å². The molecular formula is C44H30O6. The summed E-state index contributed by atoms with van der Waals surface area (Å²) < 4.78 is 12.7. The van der Waals surface area contributed by atoms with E-state index in [2.05, 4.69) is 12.1 Å². The lowest BCUT2D eigenvalue weighted by atomic mass is 9.83.